The highest BCUT2D eigenvalue weighted by Crippen LogP contribution is 2.26. The van der Waals surface area contributed by atoms with Gasteiger partial charge in [-0.25, -0.2) is 0 Å². The number of rotatable bonds is 1. The van der Waals surface area contributed by atoms with Crippen molar-refractivity contribution in [3.05, 3.63) is 11.1 Å². The standard InChI is InChI=1S/C10H19N/c1-3-8(2)9-4-6-10(11)7-5-9/h10H,3-7,11H2,1-2H3. The van der Waals surface area contributed by atoms with E-state index in [2.05, 4.69) is 13.8 Å². The number of allylic oxidation sites excluding steroid dienone is 2. The van der Waals surface area contributed by atoms with Crippen molar-refractivity contribution >= 4 is 0 Å². The molecule has 0 aromatic rings. The van der Waals surface area contributed by atoms with Gasteiger partial charge in [0.1, 0.15) is 0 Å². The molecule has 1 aliphatic carbocycles. The Hall–Kier alpha value is -0.300. The van der Waals surface area contributed by atoms with Gasteiger partial charge < -0.3 is 5.73 Å². The van der Waals surface area contributed by atoms with Crippen LogP contribution in [-0.2, 0) is 0 Å². The van der Waals surface area contributed by atoms with Gasteiger partial charge in [-0.2, -0.15) is 0 Å². The first-order valence-electron chi connectivity index (χ1n) is 4.67. The first-order chi connectivity index (χ1) is 5.24. The topological polar surface area (TPSA) is 26.0 Å². The maximum atomic E-state index is 5.82. The molecular weight excluding hydrogens is 134 g/mol. The lowest BCUT2D eigenvalue weighted by molar-refractivity contribution is 0.507. The van der Waals surface area contributed by atoms with E-state index >= 15 is 0 Å². The van der Waals surface area contributed by atoms with E-state index in [9.17, 15) is 0 Å². The lowest BCUT2D eigenvalue weighted by Crippen LogP contribution is -2.23. The Morgan fingerprint density at radius 1 is 1.45 bits per heavy atom. The summed E-state index contributed by atoms with van der Waals surface area (Å²) in [5.74, 6) is 0. The van der Waals surface area contributed by atoms with Crippen LogP contribution in [0.3, 0.4) is 0 Å². The maximum absolute atomic E-state index is 5.82. The Kier molecular flexibility index (Phi) is 3.13. The Bertz CT molecular complexity index is 148. The summed E-state index contributed by atoms with van der Waals surface area (Å²) >= 11 is 0. The molecule has 0 aromatic heterocycles. The van der Waals surface area contributed by atoms with Gasteiger partial charge >= 0.3 is 0 Å². The first kappa shape index (κ1) is 8.79. The third-order valence-corrected chi connectivity index (χ3v) is 2.77. The van der Waals surface area contributed by atoms with E-state index in [1.807, 2.05) is 0 Å². The zero-order chi connectivity index (χ0) is 8.27. The second-order valence-electron chi connectivity index (χ2n) is 3.57. The predicted octanol–water partition coefficient (Wildman–Crippen LogP) is 2.61. The minimum atomic E-state index is 0.475. The summed E-state index contributed by atoms with van der Waals surface area (Å²) in [7, 11) is 0. The van der Waals surface area contributed by atoms with Gasteiger partial charge in [-0.05, 0) is 39.0 Å². The molecule has 0 radical (unpaired) electrons. The fourth-order valence-electron chi connectivity index (χ4n) is 1.67. The van der Waals surface area contributed by atoms with Gasteiger partial charge in [-0.15, -0.1) is 0 Å². The molecule has 1 saturated carbocycles. The van der Waals surface area contributed by atoms with Crippen LogP contribution >= 0.6 is 0 Å². The van der Waals surface area contributed by atoms with Crippen molar-refractivity contribution in [3.63, 3.8) is 0 Å². The van der Waals surface area contributed by atoms with Gasteiger partial charge in [0.25, 0.3) is 0 Å². The first-order valence-corrected chi connectivity index (χ1v) is 4.67. The van der Waals surface area contributed by atoms with Gasteiger partial charge in [0.2, 0.25) is 0 Å². The number of hydrogen-bond acceptors (Lipinski definition) is 1. The predicted molar refractivity (Wildman–Crippen MR) is 49.4 cm³/mol. The lowest BCUT2D eigenvalue weighted by atomic mass is 9.88. The smallest absolute Gasteiger partial charge is 0.00449 e. The molecule has 0 aromatic carbocycles. The molecule has 64 valence electrons. The van der Waals surface area contributed by atoms with E-state index in [1.165, 1.54) is 32.1 Å². The number of hydrogen-bond donors (Lipinski definition) is 1. The zero-order valence-electron chi connectivity index (χ0n) is 7.69. The van der Waals surface area contributed by atoms with Crippen LogP contribution in [0.5, 0.6) is 0 Å². The lowest BCUT2D eigenvalue weighted by Gasteiger charge is -2.21. The van der Waals surface area contributed by atoms with Crippen LogP contribution < -0.4 is 5.73 Å². The van der Waals surface area contributed by atoms with E-state index in [0.717, 1.165) is 0 Å². The van der Waals surface area contributed by atoms with Crippen molar-refractivity contribution in [2.75, 3.05) is 0 Å². The normalized spacial score (nSPS) is 25.4. The van der Waals surface area contributed by atoms with Crippen LogP contribution in [0, 0.1) is 0 Å². The van der Waals surface area contributed by atoms with Crippen molar-refractivity contribution in [1.82, 2.24) is 0 Å². The van der Waals surface area contributed by atoms with Crippen LogP contribution in [0.1, 0.15) is 46.0 Å². The Morgan fingerprint density at radius 3 is 2.45 bits per heavy atom. The van der Waals surface area contributed by atoms with Crippen molar-refractivity contribution in [2.45, 2.75) is 52.0 Å². The fraction of sp³-hybridized carbons (Fsp3) is 0.800. The highest BCUT2D eigenvalue weighted by molar-refractivity contribution is 5.14. The van der Waals surface area contributed by atoms with Gasteiger partial charge in [0, 0.05) is 6.04 Å². The van der Waals surface area contributed by atoms with Gasteiger partial charge in [0.05, 0.1) is 0 Å². The van der Waals surface area contributed by atoms with E-state index in [1.54, 1.807) is 11.1 Å². The molecule has 0 aliphatic heterocycles. The van der Waals surface area contributed by atoms with Crippen molar-refractivity contribution < 1.29 is 0 Å². The third kappa shape index (κ3) is 2.33. The molecule has 2 N–H and O–H groups in total. The Labute approximate surface area is 69.7 Å². The summed E-state index contributed by atoms with van der Waals surface area (Å²) in [4.78, 5) is 0. The van der Waals surface area contributed by atoms with Crippen LogP contribution in [0.25, 0.3) is 0 Å². The van der Waals surface area contributed by atoms with Gasteiger partial charge in [0.15, 0.2) is 0 Å². The van der Waals surface area contributed by atoms with Crippen LogP contribution in [0.2, 0.25) is 0 Å². The second-order valence-corrected chi connectivity index (χ2v) is 3.57. The molecule has 11 heavy (non-hydrogen) atoms. The van der Waals surface area contributed by atoms with Gasteiger partial charge in [-0.3, -0.25) is 0 Å². The molecule has 0 atom stereocenters. The van der Waals surface area contributed by atoms with E-state index in [0.29, 0.717) is 6.04 Å². The average Bonchev–Trinajstić information content (AvgIpc) is 2.05. The zero-order valence-corrected chi connectivity index (χ0v) is 7.69. The Balaban J connectivity index is 2.50. The molecule has 0 amide bonds. The summed E-state index contributed by atoms with van der Waals surface area (Å²) in [5, 5.41) is 0. The quantitative estimate of drug-likeness (QED) is 0.576. The Morgan fingerprint density at radius 2 is 2.00 bits per heavy atom. The van der Waals surface area contributed by atoms with E-state index in [4.69, 9.17) is 5.73 Å². The van der Waals surface area contributed by atoms with Crippen LogP contribution in [0.15, 0.2) is 11.1 Å². The molecule has 1 aliphatic rings. The average molecular weight is 153 g/mol. The number of nitrogens with two attached hydrogens (primary N) is 1. The molecule has 1 nitrogen and oxygen atoms in total. The monoisotopic (exact) mass is 153 g/mol. The van der Waals surface area contributed by atoms with Crippen molar-refractivity contribution in [1.29, 1.82) is 0 Å². The minimum absolute atomic E-state index is 0.475. The minimum Gasteiger partial charge on any atom is -0.328 e. The molecule has 0 unspecified atom stereocenters. The van der Waals surface area contributed by atoms with Crippen LogP contribution in [0.4, 0.5) is 0 Å². The summed E-state index contributed by atoms with van der Waals surface area (Å²) in [6.07, 6.45) is 6.12. The van der Waals surface area contributed by atoms with Crippen LogP contribution in [-0.4, -0.2) is 6.04 Å². The highest BCUT2D eigenvalue weighted by atomic mass is 14.6. The molecule has 0 bridgehead atoms. The molecule has 0 saturated heterocycles. The molecule has 0 spiro atoms. The fourth-order valence-corrected chi connectivity index (χ4v) is 1.67. The van der Waals surface area contributed by atoms with E-state index < -0.39 is 0 Å². The molecule has 1 fully saturated rings. The van der Waals surface area contributed by atoms with Gasteiger partial charge in [-0.1, -0.05) is 18.1 Å². The summed E-state index contributed by atoms with van der Waals surface area (Å²) in [5.41, 5.74) is 9.09. The van der Waals surface area contributed by atoms with Crippen molar-refractivity contribution in [2.24, 2.45) is 5.73 Å². The SMILES string of the molecule is CCC(C)=C1CCC(N)CC1. The summed E-state index contributed by atoms with van der Waals surface area (Å²) in [6.45, 7) is 4.49. The highest BCUT2D eigenvalue weighted by Gasteiger charge is 2.13. The summed E-state index contributed by atoms with van der Waals surface area (Å²) < 4.78 is 0. The molecule has 1 heteroatoms. The third-order valence-electron chi connectivity index (χ3n) is 2.77. The molecule has 0 heterocycles. The summed E-state index contributed by atoms with van der Waals surface area (Å²) in [6, 6.07) is 0.475. The largest absolute Gasteiger partial charge is 0.328 e. The molecule has 1 rings (SSSR count). The molecular formula is C10H19N. The van der Waals surface area contributed by atoms with E-state index in [-0.39, 0.29) is 0 Å². The van der Waals surface area contributed by atoms with Crippen molar-refractivity contribution in [3.8, 4) is 0 Å². The maximum Gasteiger partial charge on any atom is 0.00449 e. The second kappa shape index (κ2) is 3.91.